The molecule has 0 fully saturated rings. The zero-order valence-corrected chi connectivity index (χ0v) is 13.2. The van der Waals surface area contributed by atoms with E-state index in [1.807, 2.05) is 50.2 Å². The van der Waals surface area contributed by atoms with E-state index in [9.17, 15) is 15.2 Å². The summed E-state index contributed by atoms with van der Waals surface area (Å²) in [4.78, 5) is 11.7. The summed E-state index contributed by atoms with van der Waals surface area (Å²) in [5.74, 6) is -0.674. The number of fused-ring (bicyclic) bond motifs is 2. The lowest BCUT2D eigenvalue weighted by Crippen LogP contribution is -2.21. The second-order valence-corrected chi connectivity index (χ2v) is 6.27. The molecule has 0 saturated carbocycles. The quantitative estimate of drug-likeness (QED) is 0.779. The molecule has 0 amide bonds. The molecule has 116 valence electrons. The molecule has 0 aliphatic rings. The number of nitriles is 1. The van der Waals surface area contributed by atoms with Crippen molar-refractivity contribution in [3.63, 3.8) is 0 Å². The Morgan fingerprint density at radius 1 is 1.22 bits per heavy atom. The van der Waals surface area contributed by atoms with Gasteiger partial charge < -0.3 is 9.67 Å². The average Bonchev–Trinajstić information content (AvgIpc) is 2.86. The van der Waals surface area contributed by atoms with Crippen LogP contribution in [0.1, 0.15) is 32.0 Å². The van der Waals surface area contributed by atoms with Crippen LogP contribution in [0, 0.1) is 17.2 Å². The lowest BCUT2D eigenvalue weighted by atomic mass is 10.0. The van der Waals surface area contributed by atoms with Gasteiger partial charge in [-0.05, 0) is 35.2 Å². The molecular formula is C19H18N2O2. The first-order chi connectivity index (χ1) is 11.0. The number of aromatic nitrogens is 1. The highest BCUT2D eigenvalue weighted by Gasteiger charge is 2.24. The summed E-state index contributed by atoms with van der Waals surface area (Å²) in [7, 11) is 0. The first kappa shape index (κ1) is 15.1. The molecule has 0 radical (unpaired) electrons. The van der Waals surface area contributed by atoms with Gasteiger partial charge >= 0.3 is 5.97 Å². The van der Waals surface area contributed by atoms with Gasteiger partial charge in [-0.3, -0.25) is 0 Å². The molecule has 0 unspecified atom stereocenters. The van der Waals surface area contributed by atoms with E-state index in [1.54, 1.807) is 10.8 Å². The highest BCUT2D eigenvalue weighted by molar-refractivity contribution is 6.00. The van der Waals surface area contributed by atoms with E-state index in [0.29, 0.717) is 12.1 Å². The summed E-state index contributed by atoms with van der Waals surface area (Å²) < 4.78 is 1.62. The topological polar surface area (TPSA) is 66.0 Å². The highest BCUT2D eigenvalue weighted by atomic mass is 16.4. The zero-order valence-electron chi connectivity index (χ0n) is 13.2. The van der Waals surface area contributed by atoms with Gasteiger partial charge in [0, 0.05) is 17.0 Å². The molecule has 2 aromatic carbocycles. The Morgan fingerprint density at radius 2 is 1.87 bits per heavy atom. The normalized spacial score (nSPS) is 12.6. The van der Waals surface area contributed by atoms with Gasteiger partial charge in [-0.15, -0.1) is 0 Å². The minimum absolute atomic E-state index is 0.229. The van der Waals surface area contributed by atoms with Crippen LogP contribution in [-0.4, -0.2) is 15.6 Å². The van der Waals surface area contributed by atoms with Crippen LogP contribution in [0.25, 0.3) is 21.5 Å². The van der Waals surface area contributed by atoms with Crippen molar-refractivity contribution >= 4 is 27.5 Å². The van der Waals surface area contributed by atoms with E-state index in [4.69, 9.17) is 0 Å². The van der Waals surface area contributed by atoms with E-state index in [2.05, 4.69) is 6.07 Å². The van der Waals surface area contributed by atoms with Crippen LogP contribution in [0.2, 0.25) is 0 Å². The molecular weight excluding hydrogens is 288 g/mol. The number of rotatable bonds is 4. The first-order valence-electron chi connectivity index (χ1n) is 7.67. The Bertz CT molecular complexity index is 932. The van der Waals surface area contributed by atoms with E-state index in [1.165, 1.54) is 0 Å². The summed E-state index contributed by atoms with van der Waals surface area (Å²) in [5, 5.41) is 23.0. The Balaban J connectivity index is 2.26. The molecule has 0 aliphatic carbocycles. The number of carboxylic acids is 1. The van der Waals surface area contributed by atoms with Gasteiger partial charge in [0.1, 0.15) is 17.8 Å². The third-order valence-electron chi connectivity index (χ3n) is 4.13. The molecule has 0 bridgehead atoms. The van der Waals surface area contributed by atoms with Gasteiger partial charge in [-0.1, -0.05) is 38.1 Å². The van der Waals surface area contributed by atoms with Crippen molar-refractivity contribution in [3.05, 3.63) is 48.3 Å². The van der Waals surface area contributed by atoms with E-state index >= 15 is 0 Å². The molecule has 3 aromatic rings. The van der Waals surface area contributed by atoms with Crippen molar-refractivity contribution in [2.45, 2.75) is 26.3 Å². The first-order valence-corrected chi connectivity index (χ1v) is 7.67. The van der Waals surface area contributed by atoms with Crippen molar-refractivity contribution in [3.8, 4) is 6.07 Å². The largest absolute Gasteiger partial charge is 0.480 e. The Labute approximate surface area is 134 Å². The minimum Gasteiger partial charge on any atom is -0.480 e. The molecule has 1 heterocycles. The number of carboxylic acid groups (broad SMARTS) is 1. The predicted molar refractivity (Wildman–Crippen MR) is 90.3 cm³/mol. The Hall–Kier alpha value is -2.80. The van der Waals surface area contributed by atoms with E-state index < -0.39 is 12.0 Å². The molecule has 3 rings (SSSR count). The molecule has 1 N–H and O–H groups in total. The number of aliphatic carboxylic acids is 1. The van der Waals surface area contributed by atoms with Crippen LogP contribution in [-0.2, 0) is 4.79 Å². The van der Waals surface area contributed by atoms with Gasteiger partial charge in [-0.2, -0.15) is 5.26 Å². The monoisotopic (exact) mass is 306 g/mol. The van der Waals surface area contributed by atoms with Crippen LogP contribution >= 0.6 is 0 Å². The third-order valence-corrected chi connectivity index (χ3v) is 4.13. The second kappa shape index (κ2) is 5.77. The van der Waals surface area contributed by atoms with Gasteiger partial charge in [0.25, 0.3) is 0 Å². The SMILES string of the molecule is CC(C)C[C@@H](C(=O)O)n1cc2cc3ccccc3cc2c1C#N. The van der Waals surface area contributed by atoms with Crippen LogP contribution in [0.3, 0.4) is 0 Å². The molecule has 23 heavy (non-hydrogen) atoms. The maximum atomic E-state index is 11.7. The summed E-state index contributed by atoms with van der Waals surface area (Å²) in [6.07, 6.45) is 2.28. The third kappa shape index (κ3) is 2.66. The van der Waals surface area contributed by atoms with Crippen LogP contribution in [0.5, 0.6) is 0 Å². The molecule has 0 aliphatic heterocycles. The molecule has 4 heteroatoms. The standard InChI is InChI=1S/C19H18N2O2/c1-12(2)7-17(19(22)23)21-11-15-8-13-5-3-4-6-14(13)9-16(15)18(21)10-20/h3-6,8-9,11-12,17H,7H2,1-2H3,(H,22,23)/t17-/m0/s1. The van der Waals surface area contributed by atoms with Crippen molar-refractivity contribution < 1.29 is 9.90 Å². The second-order valence-electron chi connectivity index (χ2n) is 6.27. The minimum atomic E-state index is -0.903. The van der Waals surface area contributed by atoms with Crippen LogP contribution < -0.4 is 0 Å². The Kier molecular flexibility index (Phi) is 3.79. The molecule has 0 saturated heterocycles. The van der Waals surface area contributed by atoms with Crippen LogP contribution in [0.15, 0.2) is 42.6 Å². The Morgan fingerprint density at radius 3 is 2.43 bits per heavy atom. The molecule has 1 aromatic heterocycles. The lowest BCUT2D eigenvalue weighted by Gasteiger charge is -2.17. The summed E-state index contributed by atoms with van der Waals surface area (Å²) in [6.45, 7) is 3.97. The number of hydrogen-bond donors (Lipinski definition) is 1. The fourth-order valence-corrected chi connectivity index (χ4v) is 3.07. The van der Waals surface area contributed by atoms with E-state index in [0.717, 1.165) is 21.5 Å². The average molecular weight is 306 g/mol. The maximum Gasteiger partial charge on any atom is 0.326 e. The lowest BCUT2D eigenvalue weighted by molar-refractivity contribution is -0.141. The van der Waals surface area contributed by atoms with Gasteiger partial charge in [0.05, 0.1) is 0 Å². The number of hydrogen-bond acceptors (Lipinski definition) is 2. The van der Waals surface area contributed by atoms with E-state index in [-0.39, 0.29) is 5.92 Å². The summed E-state index contributed by atoms with van der Waals surface area (Å²) in [5.41, 5.74) is 0.416. The summed E-state index contributed by atoms with van der Waals surface area (Å²) in [6, 6.07) is 13.4. The van der Waals surface area contributed by atoms with Crippen molar-refractivity contribution in [2.24, 2.45) is 5.92 Å². The van der Waals surface area contributed by atoms with Crippen LogP contribution in [0.4, 0.5) is 0 Å². The summed E-state index contributed by atoms with van der Waals surface area (Å²) >= 11 is 0. The number of benzene rings is 2. The maximum absolute atomic E-state index is 11.7. The van der Waals surface area contributed by atoms with Crippen molar-refractivity contribution in [1.29, 1.82) is 5.26 Å². The van der Waals surface area contributed by atoms with Gasteiger partial charge in [0.15, 0.2) is 0 Å². The highest BCUT2D eigenvalue weighted by Crippen LogP contribution is 2.30. The molecule has 4 nitrogen and oxygen atoms in total. The smallest absolute Gasteiger partial charge is 0.326 e. The predicted octanol–water partition coefficient (Wildman–Crippen LogP) is 4.34. The van der Waals surface area contributed by atoms with Crippen molar-refractivity contribution in [1.82, 2.24) is 4.57 Å². The fourth-order valence-electron chi connectivity index (χ4n) is 3.07. The zero-order chi connectivity index (χ0) is 16.6. The van der Waals surface area contributed by atoms with Gasteiger partial charge in [0.2, 0.25) is 0 Å². The fraction of sp³-hybridized carbons (Fsp3) is 0.263. The van der Waals surface area contributed by atoms with Crippen molar-refractivity contribution in [2.75, 3.05) is 0 Å². The number of nitrogens with zero attached hydrogens (tertiary/aromatic N) is 2. The van der Waals surface area contributed by atoms with Gasteiger partial charge in [-0.25, -0.2) is 4.79 Å². The molecule has 0 spiro atoms. The molecule has 1 atom stereocenters. The number of carbonyl (C=O) groups is 1.